The molecule has 1 N–H and O–H groups in total. The van der Waals surface area contributed by atoms with Gasteiger partial charge < -0.3 is 24.6 Å². The fraction of sp³-hybridized carbons (Fsp3) is 0.842. The molecular formula is C19H36N4O4. The highest BCUT2D eigenvalue weighted by Gasteiger charge is 2.27. The van der Waals surface area contributed by atoms with E-state index >= 15 is 0 Å². The Balaban J connectivity index is 2.42. The Morgan fingerprint density at radius 1 is 1.30 bits per heavy atom. The first-order chi connectivity index (χ1) is 12.6. The average Bonchev–Trinajstić information content (AvgIpc) is 2.60. The SMILES string of the molecule is CN=C(NCC(C)CN(C)C(=O)OC(C)(C)C)N1CCC(C(=O)OC)CC1. The molecule has 0 aromatic carbocycles. The molecule has 0 radical (unpaired) electrons. The van der Waals surface area contributed by atoms with Crippen molar-refractivity contribution in [2.75, 3.05) is 47.4 Å². The summed E-state index contributed by atoms with van der Waals surface area (Å²) < 4.78 is 10.2. The molecule has 8 heteroatoms. The van der Waals surface area contributed by atoms with E-state index in [9.17, 15) is 9.59 Å². The van der Waals surface area contributed by atoms with Crippen LogP contribution in [0.3, 0.4) is 0 Å². The predicted octanol–water partition coefficient (Wildman–Crippen LogP) is 1.95. The third-order valence-corrected chi connectivity index (χ3v) is 4.44. The Morgan fingerprint density at radius 2 is 1.89 bits per heavy atom. The molecule has 0 saturated carbocycles. The Labute approximate surface area is 163 Å². The average molecular weight is 385 g/mol. The molecule has 0 spiro atoms. The van der Waals surface area contributed by atoms with E-state index in [2.05, 4.69) is 22.1 Å². The topological polar surface area (TPSA) is 83.5 Å². The van der Waals surface area contributed by atoms with Crippen LogP contribution >= 0.6 is 0 Å². The van der Waals surface area contributed by atoms with E-state index in [1.165, 1.54) is 7.11 Å². The summed E-state index contributed by atoms with van der Waals surface area (Å²) in [5.41, 5.74) is -0.495. The van der Waals surface area contributed by atoms with Crippen LogP contribution in [-0.4, -0.2) is 80.8 Å². The van der Waals surface area contributed by atoms with Crippen molar-refractivity contribution in [1.29, 1.82) is 0 Å². The van der Waals surface area contributed by atoms with Gasteiger partial charge >= 0.3 is 12.1 Å². The van der Waals surface area contributed by atoms with Gasteiger partial charge in [-0.3, -0.25) is 9.79 Å². The van der Waals surface area contributed by atoms with Crippen molar-refractivity contribution in [1.82, 2.24) is 15.1 Å². The van der Waals surface area contributed by atoms with Crippen LogP contribution in [0.4, 0.5) is 4.79 Å². The summed E-state index contributed by atoms with van der Waals surface area (Å²) in [7, 11) is 4.94. The van der Waals surface area contributed by atoms with Gasteiger partial charge in [0.15, 0.2) is 5.96 Å². The molecule has 1 rings (SSSR count). The molecule has 1 unspecified atom stereocenters. The highest BCUT2D eigenvalue weighted by Crippen LogP contribution is 2.18. The van der Waals surface area contributed by atoms with Crippen LogP contribution < -0.4 is 5.32 Å². The molecule has 0 aromatic heterocycles. The number of hydrogen-bond donors (Lipinski definition) is 1. The van der Waals surface area contributed by atoms with Crippen LogP contribution in [0, 0.1) is 11.8 Å². The standard InChI is InChI=1S/C19H36N4O4/c1-14(13-22(6)18(25)27-19(2,3)4)12-21-17(20-5)23-10-8-15(9-11-23)16(24)26-7/h14-15H,8-13H2,1-7H3,(H,20,21). The quantitative estimate of drug-likeness (QED) is 0.443. The number of likely N-dealkylation sites (tertiary alicyclic amines) is 1. The Kier molecular flexibility index (Phi) is 8.85. The first-order valence-electron chi connectivity index (χ1n) is 9.55. The highest BCUT2D eigenvalue weighted by atomic mass is 16.6. The number of nitrogens with zero attached hydrogens (tertiary/aromatic N) is 3. The number of nitrogens with one attached hydrogen (secondary N) is 1. The number of amides is 1. The highest BCUT2D eigenvalue weighted by molar-refractivity contribution is 5.80. The lowest BCUT2D eigenvalue weighted by molar-refractivity contribution is -0.146. The fourth-order valence-corrected chi connectivity index (χ4v) is 3.04. The van der Waals surface area contributed by atoms with Gasteiger partial charge in [-0.05, 0) is 39.5 Å². The third-order valence-electron chi connectivity index (χ3n) is 4.44. The maximum Gasteiger partial charge on any atom is 0.410 e. The minimum absolute atomic E-state index is 0.0224. The van der Waals surface area contributed by atoms with Gasteiger partial charge in [0.2, 0.25) is 0 Å². The maximum atomic E-state index is 12.1. The zero-order valence-electron chi connectivity index (χ0n) is 17.9. The minimum Gasteiger partial charge on any atom is -0.469 e. The molecule has 1 fully saturated rings. The van der Waals surface area contributed by atoms with Crippen LogP contribution in [0.15, 0.2) is 4.99 Å². The van der Waals surface area contributed by atoms with Crippen LogP contribution in [0.1, 0.15) is 40.5 Å². The summed E-state index contributed by atoms with van der Waals surface area (Å²) in [4.78, 5) is 31.8. The molecule has 1 saturated heterocycles. The summed E-state index contributed by atoms with van der Waals surface area (Å²) in [5, 5.41) is 3.37. The molecule has 1 amide bonds. The van der Waals surface area contributed by atoms with E-state index in [0.29, 0.717) is 13.1 Å². The Bertz CT molecular complexity index is 522. The van der Waals surface area contributed by atoms with Crippen molar-refractivity contribution in [3.05, 3.63) is 0 Å². The minimum atomic E-state index is -0.495. The van der Waals surface area contributed by atoms with Crippen molar-refractivity contribution < 1.29 is 19.1 Å². The molecule has 156 valence electrons. The summed E-state index contributed by atoms with van der Waals surface area (Å²) in [5.74, 6) is 0.902. The fourth-order valence-electron chi connectivity index (χ4n) is 3.04. The number of aliphatic imine (C=N–C) groups is 1. The molecule has 1 aliphatic rings. The van der Waals surface area contributed by atoms with Gasteiger partial charge in [0.25, 0.3) is 0 Å². The van der Waals surface area contributed by atoms with Crippen LogP contribution in [0.25, 0.3) is 0 Å². The zero-order valence-corrected chi connectivity index (χ0v) is 17.9. The number of carbonyl (C=O) groups is 2. The van der Waals surface area contributed by atoms with Crippen molar-refractivity contribution in [2.45, 2.75) is 46.1 Å². The van der Waals surface area contributed by atoms with Gasteiger partial charge in [-0.2, -0.15) is 0 Å². The summed E-state index contributed by atoms with van der Waals surface area (Å²) >= 11 is 0. The first kappa shape index (κ1) is 23.0. The zero-order chi connectivity index (χ0) is 20.6. The van der Waals surface area contributed by atoms with E-state index in [0.717, 1.165) is 31.9 Å². The van der Waals surface area contributed by atoms with Gasteiger partial charge in [-0.15, -0.1) is 0 Å². The Morgan fingerprint density at radius 3 is 2.37 bits per heavy atom. The predicted molar refractivity (Wildman–Crippen MR) is 106 cm³/mol. The van der Waals surface area contributed by atoms with E-state index in [-0.39, 0.29) is 23.9 Å². The first-order valence-corrected chi connectivity index (χ1v) is 9.55. The van der Waals surface area contributed by atoms with Crippen molar-refractivity contribution in [3.63, 3.8) is 0 Å². The molecule has 27 heavy (non-hydrogen) atoms. The van der Waals surface area contributed by atoms with Crippen LogP contribution in [-0.2, 0) is 14.3 Å². The van der Waals surface area contributed by atoms with Crippen molar-refractivity contribution in [3.8, 4) is 0 Å². The molecule has 8 nitrogen and oxygen atoms in total. The number of carbonyl (C=O) groups excluding carboxylic acids is 2. The number of hydrogen-bond acceptors (Lipinski definition) is 5. The van der Waals surface area contributed by atoms with Crippen LogP contribution in [0.5, 0.6) is 0 Å². The molecular weight excluding hydrogens is 348 g/mol. The summed E-state index contributed by atoms with van der Waals surface area (Å²) in [6, 6.07) is 0. The lowest BCUT2D eigenvalue weighted by atomic mass is 9.97. The number of guanidine groups is 1. The van der Waals surface area contributed by atoms with Crippen molar-refractivity contribution in [2.24, 2.45) is 16.8 Å². The second kappa shape index (κ2) is 10.4. The molecule has 1 atom stereocenters. The third kappa shape index (κ3) is 8.05. The normalized spacial score (nSPS) is 17.3. The van der Waals surface area contributed by atoms with Gasteiger partial charge in [-0.1, -0.05) is 6.92 Å². The molecule has 0 aliphatic carbocycles. The van der Waals surface area contributed by atoms with E-state index in [4.69, 9.17) is 9.47 Å². The maximum absolute atomic E-state index is 12.1. The number of ether oxygens (including phenoxy) is 2. The van der Waals surface area contributed by atoms with E-state index < -0.39 is 5.60 Å². The van der Waals surface area contributed by atoms with Crippen molar-refractivity contribution >= 4 is 18.0 Å². The molecule has 1 aliphatic heterocycles. The summed E-state index contributed by atoms with van der Waals surface area (Å²) in [6.45, 7) is 10.5. The summed E-state index contributed by atoms with van der Waals surface area (Å²) in [6.07, 6.45) is 1.22. The lowest BCUT2D eigenvalue weighted by Crippen LogP contribution is -2.48. The van der Waals surface area contributed by atoms with Gasteiger partial charge in [0, 0.05) is 40.3 Å². The largest absolute Gasteiger partial charge is 0.469 e. The molecule has 0 aromatic rings. The van der Waals surface area contributed by atoms with Gasteiger partial charge in [0.05, 0.1) is 13.0 Å². The number of esters is 1. The van der Waals surface area contributed by atoms with Crippen LogP contribution in [0.2, 0.25) is 0 Å². The van der Waals surface area contributed by atoms with E-state index in [1.54, 1.807) is 19.0 Å². The Hall–Kier alpha value is -1.99. The second-order valence-corrected chi connectivity index (χ2v) is 8.18. The van der Waals surface area contributed by atoms with Gasteiger partial charge in [-0.25, -0.2) is 4.79 Å². The molecule has 1 heterocycles. The second-order valence-electron chi connectivity index (χ2n) is 8.18. The monoisotopic (exact) mass is 384 g/mol. The van der Waals surface area contributed by atoms with Gasteiger partial charge in [0.1, 0.15) is 5.60 Å². The number of piperidine rings is 1. The molecule has 0 bridgehead atoms. The smallest absolute Gasteiger partial charge is 0.410 e. The lowest BCUT2D eigenvalue weighted by Gasteiger charge is -2.33. The van der Waals surface area contributed by atoms with E-state index in [1.807, 2.05) is 20.8 Å². The number of methoxy groups -OCH3 is 1. The number of rotatable bonds is 5.